The number of hydrogen-bond acceptors (Lipinski definition) is 9. The molecule has 2 fully saturated rings. The molecule has 274 valence electrons. The Morgan fingerprint density at radius 3 is 2.46 bits per heavy atom. The fourth-order valence-electron chi connectivity index (χ4n) is 7.33. The maximum absolute atomic E-state index is 14.2. The number of sulfonamides is 1. The summed E-state index contributed by atoms with van der Waals surface area (Å²) in [5.41, 5.74) is 2.83. The van der Waals surface area contributed by atoms with Crippen LogP contribution in [0.3, 0.4) is 0 Å². The molecule has 2 saturated heterocycles. The van der Waals surface area contributed by atoms with Gasteiger partial charge in [-0.25, -0.2) is 8.42 Å². The van der Waals surface area contributed by atoms with Gasteiger partial charge in [-0.2, -0.15) is 22.6 Å². The van der Waals surface area contributed by atoms with Gasteiger partial charge in [0.2, 0.25) is 10.0 Å². The first-order valence-corrected chi connectivity index (χ1v) is 20.1. The summed E-state index contributed by atoms with van der Waals surface area (Å²) in [7, 11) is -3.53. The monoisotopic (exact) mass is 736 g/mol. The number of thioether (sulfide) groups is 1. The van der Waals surface area contributed by atoms with E-state index in [1.54, 1.807) is 4.68 Å². The first kappa shape index (κ1) is 37.1. The fourth-order valence-corrected chi connectivity index (χ4v) is 9.23. The molecule has 10 nitrogen and oxygen atoms in total. The summed E-state index contributed by atoms with van der Waals surface area (Å²) >= 11 is 1.15. The number of halogens is 3. The van der Waals surface area contributed by atoms with Gasteiger partial charge in [0.05, 0.1) is 30.2 Å². The van der Waals surface area contributed by atoms with Crippen molar-refractivity contribution >= 4 is 27.5 Å². The van der Waals surface area contributed by atoms with Crippen LogP contribution in [0.15, 0.2) is 53.4 Å². The van der Waals surface area contributed by atoms with Gasteiger partial charge in [-0.3, -0.25) is 9.58 Å². The Labute approximate surface area is 296 Å². The number of nitrogens with zero attached hydrogens (tertiary/aromatic N) is 6. The van der Waals surface area contributed by atoms with Gasteiger partial charge in [0, 0.05) is 105 Å². The Hall–Kier alpha value is -2.66. The van der Waals surface area contributed by atoms with Gasteiger partial charge < -0.3 is 20.0 Å². The lowest BCUT2D eigenvalue weighted by molar-refractivity contribution is -0.139. The number of fused-ring (bicyclic) bond motifs is 1. The third-order valence-corrected chi connectivity index (χ3v) is 12.3. The number of para-hydroxylation sites is 1. The summed E-state index contributed by atoms with van der Waals surface area (Å²) in [6.45, 7) is 6.54. The van der Waals surface area contributed by atoms with Crippen molar-refractivity contribution in [3.8, 4) is 11.3 Å². The second-order valence-electron chi connectivity index (χ2n) is 13.6. The number of likely N-dealkylation sites (tertiary alicyclic amines) is 1. The molecule has 3 aliphatic heterocycles. The molecule has 0 spiro atoms. The first-order valence-electron chi connectivity index (χ1n) is 17.3. The van der Waals surface area contributed by atoms with Crippen LogP contribution in [0, 0.1) is 5.92 Å². The van der Waals surface area contributed by atoms with Crippen molar-refractivity contribution < 1.29 is 31.8 Å². The van der Waals surface area contributed by atoms with Crippen molar-refractivity contribution in [2.75, 3.05) is 82.4 Å². The quantitative estimate of drug-likeness (QED) is 0.269. The summed E-state index contributed by atoms with van der Waals surface area (Å²) in [6.07, 6.45) is -1.85. The minimum absolute atomic E-state index is 0.0610. The number of hydrogen-bond donors (Lipinski definition) is 2. The maximum atomic E-state index is 14.2. The molecule has 15 heteroatoms. The summed E-state index contributed by atoms with van der Waals surface area (Å²) in [5.74, 6) is 0.643. The lowest BCUT2D eigenvalue weighted by atomic mass is 9.99. The van der Waals surface area contributed by atoms with E-state index in [9.17, 15) is 31.8 Å². The number of aliphatic hydroxyl groups is 2. The van der Waals surface area contributed by atoms with Crippen LogP contribution in [0.25, 0.3) is 11.3 Å². The predicted octanol–water partition coefficient (Wildman–Crippen LogP) is 3.87. The fraction of sp³-hybridized carbons (Fsp3) is 0.571. The Kier molecular flexibility index (Phi) is 11.8. The number of anilines is 1. The number of alkyl halides is 3. The number of rotatable bonds is 12. The molecule has 2 unspecified atom stereocenters. The largest absolute Gasteiger partial charge is 0.417 e. The maximum Gasteiger partial charge on any atom is 0.417 e. The van der Waals surface area contributed by atoms with Gasteiger partial charge in [-0.1, -0.05) is 24.3 Å². The Bertz CT molecular complexity index is 1700. The topological polar surface area (TPSA) is 105 Å². The first-order chi connectivity index (χ1) is 23.9. The second-order valence-corrected chi connectivity index (χ2v) is 16.7. The zero-order valence-electron chi connectivity index (χ0n) is 28.4. The van der Waals surface area contributed by atoms with Gasteiger partial charge in [0.15, 0.2) is 0 Å². The summed E-state index contributed by atoms with van der Waals surface area (Å²) in [5, 5.41) is 25.7. The van der Waals surface area contributed by atoms with E-state index in [4.69, 9.17) is 5.10 Å². The molecule has 6 rings (SSSR count). The number of benzene rings is 2. The number of piperidine rings is 1. The number of aliphatic hydroxyl groups excluding tert-OH is 2. The molecule has 0 aliphatic carbocycles. The third kappa shape index (κ3) is 9.03. The molecule has 0 radical (unpaired) electrons. The molecule has 3 aliphatic rings. The molecule has 0 saturated carbocycles. The standard InChI is InChI=1S/C35H47F3N6O4S2/c1-50(47,48)43-13-11-32-30(24-43)34(39-44(32)23-29(46)22-41-14-16-42(17-15-41)28-7-3-2-4-8-28)27-9-10-31(35(36,37)38)33(20-27)49-19-18-40-12-5-6-26(21-40)25-45/h2-4,7-10,20,26,29,45-46H,5-6,11-19,21-25H2,1H3. The summed E-state index contributed by atoms with van der Waals surface area (Å²) < 4.78 is 70.8. The third-order valence-electron chi connectivity index (χ3n) is 10.0. The van der Waals surface area contributed by atoms with E-state index in [2.05, 4.69) is 26.8 Å². The molecular formula is C35H47F3N6O4S2. The number of piperazine rings is 1. The SMILES string of the molecule is CS(=O)(=O)N1CCc2c(c(-c3ccc(C(F)(F)F)c(SCCN4CCCC(CO)C4)c3)nn2CC(O)CN2CCN(c3ccccc3)CC2)C1. The molecule has 3 aromatic rings. The predicted molar refractivity (Wildman–Crippen MR) is 190 cm³/mol. The van der Waals surface area contributed by atoms with E-state index in [0.717, 1.165) is 81.9 Å². The van der Waals surface area contributed by atoms with E-state index >= 15 is 0 Å². The molecule has 0 bridgehead atoms. The lowest BCUT2D eigenvalue weighted by Gasteiger charge is -2.37. The normalized spacial score (nSPS) is 20.6. The Balaban J connectivity index is 1.21. The zero-order valence-corrected chi connectivity index (χ0v) is 30.1. The van der Waals surface area contributed by atoms with Crippen molar-refractivity contribution in [3.05, 3.63) is 65.4 Å². The zero-order chi connectivity index (χ0) is 35.5. The minimum atomic E-state index is -4.55. The van der Waals surface area contributed by atoms with Gasteiger partial charge >= 0.3 is 6.18 Å². The van der Waals surface area contributed by atoms with Crippen molar-refractivity contribution in [3.63, 3.8) is 0 Å². The van der Waals surface area contributed by atoms with E-state index in [1.807, 2.05) is 18.2 Å². The Morgan fingerprint density at radius 1 is 1.00 bits per heavy atom. The van der Waals surface area contributed by atoms with E-state index in [-0.39, 0.29) is 37.1 Å². The van der Waals surface area contributed by atoms with Crippen LogP contribution in [0.4, 0.5) is 18.9 Å². The lowest BCUT2D eigenvalue weighted by Crippen LogP contribution is -2.49. The highest BCUT2D eigenvalue weighted by molar-refractivity contribution is 7.99. The highest BCUT2D eigenvalue weighted by Gasteiger charge is 2.35. The van der Waals surface area contributed by atoms with Crippen molar-refractivity contribution in [2.24, 2.45) is 5.92 Å². The van der Waals surface area contributed by atoms with Crippen LogP contribution in [0.5, 0.6) is 0 Å². The highest BCUT2D eigenvalue weighted by atomic mass is 32.2. The number of β-amino-alcohol motifs (C(OH)–C–C–N with tert-alkyl or cyclic N) is 1. The van der Waals surface area contributed by atoms with E-state index in [1.165, 1.54) is 22.1 Å². The molecule has 50 heavy (non-hydrogen) atoms. The van der Waals surface area contributed by atoms with Crippen LogP contribution in [0.2, 0.25) is 0 Å². The summed E-state index contributed by atoms with van der Waals surface area (Å²) in [6, 6.07) is 14.3. The van der Waals surface area contributed by atoms with Gasteiger partial charge in [0.25, 0.3) is 0 Å². The van der Waals surface area contributed by atoms with Crippen LogP contribution < -0.4 is 4.90 Å². The smallest absolute Gasteiger partial charge is 0.396 e. The van der Waals surface area contributed by atoms with Gasteiger partial charge in [0.1, 0.15) is 0 Å². The average Bonchev–Trinajstić information content (AvgIpc) is 3.45. The van der Waals surface area contributed by atoms with Crippen LogP contribution in [0.1, 0.15) is 29.7 Å². The molecule has 0 amide bonds. The average molecular weight is 737 g/mol. The van der Waals surface area contributed by atoms with Crippen molar-refractivity contribution in [2.45, 2.75) is 49.5 Å². The molecule has 2 atom stereocenters. The second kappa shape index (κ2) is 15.9. The van der Waals surface area contributed by atoms with Crippen molar-refractivity contribution in [1.82, 2.24) is 23.9 Å². The van der Waals surface area contributed by atoms with Gasteiger partial charge in [-0.15, -0.1) is 11.8 Å². The van der Waals surface area contributed by atoms with Crippen LogP contribution >= 0.6 is 11.8 Å². The molecule has 2 aromatic carbocycles. The van der Waals surface area contributed by atoms with E-state index < -0.39 is 27.9 Å². The molecular weight excluding hydrogens is 690 g/mol. The Morgan fingerprint density at radius 2 is 1.76 bits per heavy atom. The van der Waals surface area contributed by atoms with Gasteiger partial charge in [-0.05, 0) is 49.6 Å². The number of aromatic nitrogens is 2. The van der Waals surface area contributed by atoms with Crippen molar-refractivity contribution in [1.29, 1.82) is 0 Å². The van der Waals surface area contributed by atoms with Crippen LogP contribution in [-0.2, 0) is 35.7 Å². The minimum Gasteiger partial charge on any atom is -0.396 e. The summed E-state index contributed by atoms with van der Waals surface area (Å²) in [4.78, 5) is 6.84. The highest BCUT2D eigenvalue weighted by Crippen LogP contribution is 2.40. The molecule has 4 heterocycles. The molecule has 2 N–H and O–H groups in total. The molecule has 1 aromatic heterocycles. The van der Waals surface area contributed by atoms with Crippen LogP contribution in [-0.4, -0.2) is 126 Å². The van der Waals surface area contributed by atoms with E-state index in [0.29, 0.717) is 42.1 Å².